The number of nitrogens with one attached hydrogen (secondary N) is 1. The van der Waals surface area contributed by atoms with E-state index in [2.05, 4.69) is 5.32 Å². The molecule has 3 amide bonds. The van der Waals surface area contributed by atoms with Gasteiger partial charge in [0.25, 0.3) is 5.91 Å². The first kappa shape index (κ1) is 19.2. The summed E-state index contributed by atoms with van der Waals surface area (Å²) in [6.07, 6.45) is 2.30. The van der Waals surface area contributed by atoms with Crippen LogP contribution in [0.25, 0.3) is 0 Å². The lowest BCUT2D eigenvalue weighted by Gasteiger charge is -2.72. The standard InChI is InChI=1S/C22H21ClFN3O3/c23-15-1-5-17(6-2-15)26-9-10-27(20(26)29)22-12-21(13-22,14-22)25-19(28)11-30-18-7-3-16(24)4-8-18/h1-8H,9-14H2,(H,25,28). The topological polar surface area (TPSA) is 61.9 Å². The number of nitrogens with zero attached hydrogens (tertiary/aromatic N) is 2. The minimum atomic E-state index is -0.350. The van der Waals surface area contributed by atoms with Gasteiger partial charge < -0.3 is 15.0 Å². The average Bonchev–Trinajstić information content (AvgIpc) is 3.05. The maximum atomic E-state index is 12.9. The molecule has 1 saturated heterocycles. The van der Waals surface area contributed by atoms with Gasteiger partial charge in [0, 0.05) is 29.3 Å². The van der Waals surface area contributed by atoms with Gasteiger partial charge in [0.2, 0.25) is 0 Å². The molecule has 2 aromatic carbocycles. The van der Waals surface area contributed by atoms with Crippen LogP contribution in [0.2, 0.25) is 5.02 Å². The molecule has 1 heterocycles. The lowest BCUT2D eigenvalue weighted by atomic mass is 9.43. The predicted octanol–water partition coefficient (Wildman–Crippen LogP) is 3.59. The van der Waals surface area contributed by atoms with Gasteiger partial charge in [0.15, 0.2) is 6.61 Å². The van der Waals surface area contributed by atoms with E-state index in [-0.39, 0.29) is 35.4 Å². The first-order valence-corrected chi connectivity index (χ1v) is 10.3. The number of ether oxygens (including phenoxy) is 1. The Hall–Kier alpha value is -2.80. The Labute approximate surface area is 178 Å². The zero-order valence-electron chi connectivity index (χ0n) is 16.2. The van der Waals surface area contributed by atoms with Gasteiger partial charge in [-0.15, -0.1) is 0 Å². The Morgan fingerprint density at radius 2 is 1.73 bits per heavy atom. The van der Waals surface area contributed by atoms with Gasteiger partial charge in [0.1, 0.15) is 11.6 Å². The van der Waals surface area contributed by atoms with Crippen molar-refractivity contribution in [2.24, 2.45) is 0 Å². The number of amides is 3. The van der Waals surface area contributed by atoms with E-state index in [0.717, 1.165) is 24.9 Å². The maximum absolute atomic E-state index is 12.9. The van der Waals surface area contributed by atoms with Crippen LogP contribution in [0.3, 0.4) is 0 Å². The Balaban J connectivity index is 1.13. The third kappa shape index (κ3) is 3.17. The predicted molar refractivity (Wildman–Crippen MR) is 110 cm³/mol. The number of rotatable bonds is 6. The largest absolute Gasteiger partial charge is 0.484 e. The van der Waals surface area contributed by atoms with Crippen LogP contribution in [-0.2, 0) is 4.79 Å². The molecule has 1 N–H and O–H groups in total. The molecule has 30 heavy (non-hydrogen) atoms. The maximum Gasteiger partial charge on any atom is 0.325 e. The molecule has 4 aliphatic rings. The van der Waals surface area contributed by atoms with Gasteiger partial charge in [-0.1, -0.05) is 11.6 Å². The molecule has 0 spiro atoms. The molecule has 2 aromatic rings. The quantitative estimate of drug-likeness (QED) is 0.763. The highest BCUT2D eigenvalue weighted by molar-refractivity contribution is 6.30. The number of anilines is 1. The normalized spacial score (nSPS) is 26.8. The molecule has 0 radical (unpaired) electrons. The zero-order valence-corrected chi connectivity index (χ0v) is 17.0. The number of carbonyl (C=O) groups excluding carboxylic acids is 2. The van der Waals surface area contributed by atoms with Crippen molar-refractivity contribution in [3.05, 3.63) is 59.4 Å². The molecule has 0 atom stereocenters. The molecule has 0 aromatic heterocycles. The summed E-state index contributed by atoms with van der Waals surface area (Å²) in [5, 5.41) is 3.69. The van der Waals surface area contributed by atoms with Gasteiger partial charge in [-0.3, -0.25) is 9.69 Å². The fourth-order valence-electron chi connectivity index (χ4n) is 5.00. The van der Waals surface area contributed by atoms with Crippen molar-refractivity contribution in [3.8, 4) is 5.75 Å². The number of carbonyl (C=O) groups is 2. The van der Waals surface area contributed by atoms with Crippen molar-refractivity contribution in [3.63, 3.8) is 0 Å². The summed E-state index contributed by atoms with van der Waals surface area (Å²) in [6.45, 7) is 1.21. The molecule has 3 aliphatic carbocycles. The van der Waals surface area contributed by atoms with E-state index in [0.29, 0.717) is 23.9 Å². The Morgan fingerprint density at radius 1 is 1.07 bits per heavy atom. The third-order valence-electron chi connectivity index (χ3n) is 6.31. The lowest BCUT2D eigenvalue weighted by Crippen LogP contribution is -2.84. The molecule has 1 aliphatic heterocycles. The second-order valence-corrected chi connectivity index (χ2v) is 8.82. The SMILES string of the molecule is O=C(COc1ccc(F)cc1)NC12CC(N3CCN(c4ccc(Cl)cc4)C3=O)(C1)C2. The van der Waals surface area contributed by atoms with E-state index in [4.69, 9.17) is 16.3 Å². The van der Waals surface area contributed by atoms with Crippen LogP contribution < -0.4 is 15.0 Å². The Bertz CT molecular complexity index is 976. The minimum Gasteiger partial charge on any atom is -0.484 e. The van der Waals surface area contributed by atoms with E-state index in [1.54, 1.807) is 17.0 Å². The van der Waals surface area contributed by atoms with Crippen molar-refractivity contribution in [2.45, 2.75) is 30.3 Å². The molecule has 0 unspecified atom stereocenters. The molecule has 8 heteroatoms. The second-order valence-electron chi connectivity index (χ2n) is 8.39. The number of halogens is 2. The van der Waals surface area contributed by atoms with Crippen molar-refractivity contribution in [1.29, 1.82) is 0 Å². The van der Waals surface area contributed by atoms with Crippen LogP contribution in [0.4, 0.5) is 14.9 Å². The summed E-state index contributed by atoms with van der Waals surface area (Å²) in [4.78, 5) is 28.9. The molecule has 3 saturated carbocycles. The van der Waals surface area contributed by atoms with Crippen LogP contribution in [0.15, 0.2) is 48.5 Å². The van der Waals surface area contributed by atoms with E-state index in [1.807, 2.05) is 17.0 Å². The van der Waals surface area contributed by atoms with Crippen LogP contribution in [0, 0.1) is 5.82 Å². The average molecular weight is 430 g/mol. The third-order valence-corrected chi connectivity index (χ3v) is 6.56. The molecule has 6 nitrogen and oxygen atoms in total. The molecular formula is C22H21ClFN3O3. The summed E-state index contributed by atoms with van der Waals surface area (Å²) in [5.41, 5.74) is 0.458. The molecule has 2 bridgehead atoms. The highest BCUT2D eigenvalue weighted by Gasteiger charge is 2.72. The highest BCUT2D eigenvalue weighted by atomic mass is 35.5. The fourth-order valence-corrected chi connectivity index (χ4v) is 5.13. The van der Waals surface area contributed by atoms with Gasteiger partial charge in [-0.25, -0.2) is 9.18 Å². The molecular weight excluding hydrogens is 409 g/mol. The summed E-state index contributed by atoms with van der Waals surface area (Å²) < 4.78 is 18.3. The Morgan fingerprint density at radius 3 is 2.40 bits per heavy atom. The first-order valence-electron chi connectivity index (χ1n) is 9.92. The molecule has 6 rings (SSSR count). The van der Waals surface area contributed by atoms with Gasteiger partial charge in [0.05, 0.1) is 5.54 Å². The fraction of sp³-hybridized carbons (Fsp3) is 0.364. The van der Waals surface area contributed by atoms with Gasteiger partial charge in [-0.05, 0) is 67.8 Å². The highest BCUT2D eigenvalue weighted by Crippen LogP contribution is 2.64. The van der Waals surface area contributed by atoms with E-state index in [1.165, 1.54) is 24.3 Å². The number of hydrogen-bond acceptors (Lipinski definition) is 3. The van der Waals surface area contributed by atoms with E-state index < -0.39 is 0 Å². The minimum absolute atomic E-state index is 0.0107. The zero-order chi connectivity index (χ0) is 20.9. The lowest BCUT2D eigenvalue weighted by molar-refractivity contribution is -0.165. The summed E-state index contributed by atoms with van der Waals surface area (Å²) >= 11 is 5.94. The Kier molecular flexibility index (Phi) is 4.39. The van der Waals surface area contributed by atoms with E-state index in [9.17, 15) is 14.0 Å². The monoisotopic (exact) mass is 429 g/mol. The number of benzene rings is 2. The summed E-state index contributed by atoms with van der Waals surface area (Å²) in [7, 11) is 0. The van der Waals surface area contributed by atoms with Gasteiger partial charge in [-0.2, -0.15) is 0 Å². The van der Waals surface area contributed by atoms with Crippen LogP contribution in [-0.4, -0.2) is 47.6 Å². The number of urea groups is 1. The summed E-state index contributed by atoms with van der Waals surface area (Å²) in [6, 6.07) is 12.9. The van der Waals surface area contributed by atoms with Crippen molar-refractivity contribution in [2.75, 3.05) is 24.6 Å². The van der Waals surface area contributed by atoms with Crippen LogP contribution >= 0.6 is 11.6 Å². The van der Waals surface area contributed by atoms with Crippen LogP contribution in [0.1, 0.15) is 19.3 Å². The molecule has 4 fully saturated rings. The van der Waals surface area contributed by atoms with Crippen molar-refractivity contribution < 1.29 is 18.7 Å². The molecule has 156 valence electrons. The first-order chi connectivity index (χ1) is 14.4. The second kappa shape index (κ2) is 6.87. The van der Waals surface area contributed by atoms with Crippen molar-refractivity contribution >= 4 is 29.2 Å². The van der Waals surface area contributed by atoms with Gasteiger partial charge >= 0.3 is 6.03 Å². The summed E-state index contributed by atoms with van der Waals surface area (Å²) in [5.74, 6) is -0.106. The van der Waals surface area contributed by atoms with E-state index >= 15 is 0 Å². The van der Waals surface area contributed by atoms with Crippen LogP contribution in [0.5, 0.6) is 5.75 Å². The van der Waals surface area contributed by atoms with Crippen molar-refractivity contribution in [1.82, 2.24) is 10.2 Å². The smallest absolute Gasteiger partial charge is 0.325 e. The number of hydrogen-bond donors (Lipinski definition) is 1.